The molecule has 0 aliphatic carbocycles. The Kier molecular flexibility index (Phi) is 5.83. The summed E-state index contributed by atoms with van der Waals surface area (Å²) in [5.41, 5.74) is 3.50. The maximum atomic E-state index is 14.2. The monoisotopic (exact) mass is 422 g/mol. The second-order valence-electron chi connectivity index (χ2n) is 6.99. The van der Waals surface area contributed by atoms with Gasteiger partial charge in [-0.3, -0.25) is 14.2 Å². The molecule has 0 bridgehead atoms. The molecular weight excluding hydrogens is 402 g/mol. The number of nitrogens with one attached hydrogen (secondary N) is 1. The molecule has 0 unspecified atom stereocenters. The number of hydrogen-bond donors (Lipinski definition) is 1. The van der Waals surface area contributed by atoms with Crippen LogP contribution >= 0.6 is 0 Å². The van der Waals surface area contributed by atoms with Gasteiger partial charge in [0.25, 0.3) is 0 Å². The van der Waals surface area contributed by atoms with Crippen molar-refractivity contribution in [3.8, 4) is 22.5 Å². The number of nitrogens with zero attached hydrogens (tertiary/aromatic N) is 5. The van der Waals surface area contributed by atoms with Gasteiger partial charge in [0, 0.05) is 48.6 Å². The molecule has 31 heavy (non-hydrogen) atoms. The van der Waals surface area contributed by atoms with Crippen LogP contribution in [0.5, 0.6) is 0 Å². The Labute approximate surface area is 177 Å². The van der Waals surface area contributed by atoms with Gasteiger partial charge in [0.2, 0.25) is 12.2 Å². The minimum Gasteiger partial charge on any atom is -0.388 e. The Morgan fingerprint density at radius 2 is 1.97 bits per heavy atom. The highest BCUT2D eigenvalue weighted by atomic mass is 19.1. The first-order valence-corrected chi connectivity index (χ1v) is 9.64. The minimum atomic E-state index is -0.759. The van der Waals surface area contributed by atoms with Crippen molar-refractivity contribution in [2.75, 3.05) is 25.5 Å². The topological polar surface area (TPSA) is 75.4 Å². The highest BCUT2D eigenvalue weighted by molar-refractivity contribution is 5.68. The third-order valence-electron chi connectivity index (χ3n) is 4.82. The molecule has 1 saturated heterocycles. The van der Waals surface area contributed by atoms with Crippen molar-refractivity contribution in [2.45, 2.75) is 6.17 Å². The van der Waals surface area contributed by atoms with E-state index in [0.717, 1.165) is 16.9 Å². The average molecular weight is 422 g/mol. The number of rotatable bonds is 4. The van der Waals surface area contributed by atoms with Gasteiger partial charge in [0.1, 0.15) is 12.0 Å². The smallest absolute Gasteiger partial charge is 0.234 e. The summed E-state index contributed by atoms with van der Waals surface area (Å²) >= 11 is 0. The van der Waals surface area contributed by atoms with Crippen molar-refractivity contribution in [3.05, 3.63) is 67.0 Å². The second-order valence-corrected chi connectivity index (χ2v) is 6.99. The summed E-state index contributed by atoms with van der Waals surface area (Å²) in [5.74, 6) is 0.196. The molecule has 0 saturated carbocycles. The summed E-state index contributed by atoms with van der Waals surface area (Å²) in [6.45, 7) is 0.590. The molecule has 1 aromatic carbocycles. The number of carbonyl (C=O) groups excluding carboxylic acids is 1. The maximum absolute atomic E-state index is 14.2. The van der Waals surface area contributed by atoms with Gasteiger partial charge in [-0.15, -0.1) is 0 Å². The van der Waals surface area contributed by atoms with Crippen LogP contribution in [-0.4, -0.2) is 57.0 Å². The Balaban J connectivity index is 0.000000282. The van der Waals surface area contributed by atoms with E-state index in [-0.39, 0.29) is 5.82 Å². The van der Waals surface area contributed by atoms with Crippen molar-refractivity contribution in [2.24, 2.45) is 0 Å². The highest BCUT2D eigenvalue weighted by Crippen LogP contribution is 2.26. The Hall–Kier alpha value is -3.88. The molecule has 1 aliphatic rings. The second kappa shape index (κ2) is 8.86. The van der Waals surface area contributed by atoms with E-state index in [2.05, 4.69) is 20.3 Å². The van der Waals surface area contributed by atoms with Crippen molar-refractivity contribution in [3.63, 3.8) is 0 Å². The van der Waals surface area contributed by atoms with E-state index in [0.29, 0.717) is 36.5 Å². The lowest BCUT2D eigenvalue weighted by atomic mass is 10.1. The van der Waals surface area contributed by atoms with Gasteiger partial charge in [-0.1, -0.05) is 6.07 Å². The first-order valence-electron chi connectivity index (χ1n) is 9.64. The van der Waals surface area contributed by atoms with Gasteiger partial charge in [-0.2, -0.15) is 0 Å². The van der Waals surface area contributed by atoms with Crippen molar-refractivity contribution < 1.29 is 13.6 Å². The number of alkyl halides is 1. The van der Waals surface area contributed by atoms with E-state index >= 15 is 0 Å². The van der Waals surface area contributed by atoms with E-state index in [1.165, 1.54) is 11.0 Å². The highest BCUT2D eigenvalue weighted by Gasteiger charge is 2.23. The Bertz CT molecular complexity index is 1190. The molecule has 1 amide bonds. The molecule has 1 aliphatic heterocycles. The number of imidazole rings is 1. The molecule has 7 nitrogen and oxygen atoms in total. The van der Waals surface area contributed by atoms with Crippen molar-refractivity contribution in [1.29, 1.82) is 0 Å². The maximum Gasteiger partial charge on any atom is 0.234 e. The van der Waals surface area contributed by atoms with E-state index in [1.807, 2.05) is 24.4 Å². The van der Waals surface area contributed by atoms with E-state index in [9.17, 15) is 13.6 Å². The number of likely N-dealkylation sites (tertiary alicyclic amines) is 1. The van der Waals surface area contributed by atoms with Crippen LogP contribution in [0.25, 0.3) is 28.3 Å². The fourth-order valence-corrected chi connectivity index (χ4v) is 3.10. The fourth-order valence-electron chi connectivity index (χ4n) is 3.10. The number of hydrogen-bond acceptors (Lipinski definition) is 5. The van der Waals surface area contributed by atoms with E-state index in [1.54, 1.807) is 42.2 Å². The van der Waals surface area contributed by atoms with Crippen LogP contribution < -0.4 is 5.32 Å². The number of pyridine rings is 1. The normalized spacial score (nSPS) is 13.3. The molecule has 4 aromatic rings. The van der Waals surface area contributed by atoms with Gasteiger partial charge < -0.3 is 10.2 Å². The minimum absolute atomic E-state index is 0.295. The number of anilines is 1. The molecule has 3 aromatic heterocycles. The van der Waals surface area contributed by atoms with Gasteiger partial charge in [0.05, 0.1) is 24.5 Å². The third kappa shape index (κ3) is 4.50. The molecule has 1 fully saturated rings. The molecule has 0 atom stereocenters. The predicted molar refractivity (Wildman–Crippen MR) is 114 cm³/mol. The standard InChI is InChI=1S/C18H14FN5.C4H6FNO/c1-20-13-5-6-15(19)14(8-13)17-11-24-10-12(9-22-18(24)23-17)16-4-2-3-7-21-16;5-4-1-6(2-4)3-7/h2-11,20H,1H3;3-4H,1-2H2. The van der Waals surface area contributed by atoms with Crippen LogP contribution in [0.1, 0.15) is 0 Å². The van der Waals surface area contributed by atoms with Crippen LogP contribution in [0.2, 0.25) is 0 Å². The van der Waals surface area contributed by atoms with Crippen molar-refractivity contribution in [1.82, 2.24) is 24.3 Å². The van der Waals surface area contributed by atoms with E-state index in [4.69, 9.17) is 0 Å². The lowest BCUT2D eigenvalue weighted by Crippen LogP contribution is -2.47. The molecule has 1 N–H and O–H groups in total. The third-order valence-corrected chi connectivity index (χ3v) is 4.82. The summed E-state index contributed by atoms with van der Waals surface area (Å²) in [6, 6.07) is 10.5. The van der Waals surface area contributed by atoms with Gasteiger partial charge in [0.15, 0.2) is 0 Å². The summed E-state index contributed by atoms with van der Waals surface area (Å²) in [6.07, 6.45) is 7.01. The summed E-state index contributed by atoms with van der Waals surface area (Å²) in [7, 11) is 1.79. The quantitative estimate of drug-likeness (QED) is 0.510. The number of halogens is 2. The van der Waals surface area contributed by atoms with Gasteiger partial charge in [-0.05, 0) is 30.3 Å². The summed E-state index contributed by atoms with van der Waals surface area (Å²) in [4.78, 5) is 24.2. The average Bonchev–Trinajstić information content (AvgIpc) is 3.21. The SMILES string of the molecule is CNc1ccc(F)c(-c2cn3cc(-c4ccccn4)cnc3n2)c1.O=CN1CC(F)C1. The molecular formula is C22H20F2N6O. The lowest BCUT2D eigenvalue weighted by Gasteiger charge is -2.29. The number of benzene rings is 1. The Morgan fingerprint density at radius 3 is 2.61 bits per heavy atom. The summed E-state index contributed by atoms with van der Waals surface area (Å²) < 4.78 is 27.7. The lowest BCUT2D eigenvalue weighted by molar-refractivity contribution is -0.124. The van der Waals surface area contributed by atoms with Gasteiger partial charge in [-0.25, -0.2) is 18.7 Å². The first-order chi connectivity index (χ1) is 15.1. The fraction of sp³-hybridized carbons (Fsp3) is 0.182. The number of aromatic nitrogens is 4. The zero-order valence-electron chi connectivity index (χ0n) is 16.7. The molecule has 158 valence electrons. The first kappa shape index (κ1) is 20.4. The van der Waals surface area contributed by atoms with Crippen LogP contribution in [0.3, 0.4) is 0 Å². The summed E-state index contributed by atoms with van der Waals surface area (Å²) in [5, 5.41) is 3.00. The van der Waals surface area contributed by atoms with Gasteiger partial charge >= 0.3 is 0 Å². The molecule has 0 spiro atoms. The molecule has 0 radical (unpaired) electrons. The van der Waals surface area contributed by atoms with Crippen LogP contribution in [0, 0.1) is 5.82 Å². The molecule has 9 heteroatoms. The van der Waals surface area contributed by atoms with E-state index < -0.39 is 6.17 Å². The number of amides is 1. The molecule has 5 rings (SSSR count). The van der Waals surface area contributed by atoms with Crippen LogP contribution in [0.15, 0.2) is 61.2 Å². The number of fused-ring (bicyclic) bond motifs is 1. The zero-order valence-corrected chi connectivity index (χ0v) is 16.7. The van der Waals surface area contributed by atoms with Crippen LogP contribution in [0.4, 0.5) is 14.5 Å². The largest absolute Gasteiger partial charge is 0.388 e. The molecule has 4 heterocycles. The Morgan fingerprint density at radius 1 is 1.13 bits per heavy atom. The zero-order chi connectivity index (χ0) is 21.8. The number of carbonyl (C=O) groups is 1. The van der Waals surface area contributed by atoms with Crippen molar-refractivity contribution >= 4 is 17.9 Å². The predicted octanol–water partition coefficient (Wildman–Crippen LogP) is 3.44. The van der Waals surface area contributed by atoms with Crippen LogP contribution in [-0.2, 0) is 4.79 Å².